The molecule has 0 unspecified atom stereocenters. The van der Waals surface area contributed by atoms with Crippen molar-refractivity contribution in [3.8, 4) is 0 Å². The van der Waals surface area contributed by atoms with Crippen molar-refractivity contribution < 1.29 is 4.39 Å². The predicted octanol–water partition coefficient (Wildman–Crippen LogP) is 2.27. The monoisotopic (exact) mass is 375 g/mol. The third-order valence-corrected chi connectivity index (χ3v) is 3.98. The molecule has 0 spiro atoms. The fraction of sp³-hybridized carbons (Fsp3) is 0.188. The number of halogens is 2. The Kier molecular flexibility index (Phi) is 5.08. The Labute approximate surface area is 152 Å². The van der Waals surface area contributed by atoms with Crippen LogP contribution in [0.15, 0.2) is 34.2 Å². The minimum atomic E-state index is -0.348. The zero-order chi connectivity index (χ0) is 18.7. The number of nitrogens with zero attached hydrogens (tertiary/aromatic N) is 5. The first-order valence-electron chi connectivity index (χ1n) is 7.64. The highest BCUT2D eigenvalue weighted by atomic mass is 35.5. The van der Waals surface area contributed by atoms with E-state index in [9.17, 15) is 9.18 Å². The molecule has 8 nitrogen and oxygen atoms in total. The van der Waals surface area contributed by atoms with Gasteiger partial charge >= 0.3 is 0 Å². The van der Waals surface area contributed by atoms with Crippen molar-refractivity contribution in [1.29, 1.82) is 0 Å². The van der Waals surface area contributed by atoms with E-state index in [0.29, 0.717) is 23.0 Å². The van der Waals surface area contributed by atoms with Gasteiger partial charge in [-0.1, -0.05) is 23.7 Å². The zero-order valence-electron chi connectivity index (χ0n) is 14.0. The maximum atomic E-state index is 13.0. The lowest BCUT2D eigenvalue weighted by Gasteiger charge is -2.03. The lowest BCUT2D eigenvalue weighted by atomic mass is 10.2. The van der Waals surface area contributed by atoms with Gasteiger partial charge in [0.15, 0.2) is 0 Å². The van der Waals surface area contributed by atoms with E-state index in [1.807, 2.05) is 0 Å². The SMILES string of the molecule is Cc1nn(Cc2ccc(F)cc2)c(Cl)c1C=NNc1nnc(C)c(=O)[nH]1. The van der Waals surface area contributed by atoms with Crippen LogP contribution in [-0.2, 0) is 6.54 Å². The number of aromatic nitrogens is 5. The lowest BCUT2D eigenvalue weighted by molar-refractivity contribution is 0.624. The molecule has 2 aromatic heterocycles. The first-order chi connectivity index (χ1) is 12.4. The van der Waals surface area contributed by atoms with Crippen molar-refractivity contribution in [2.75, 3.05) is 5.43 Å². The average molecular weight is 376 g/mol. The van der Waals surface area contributed by atoms with Gasteiger partial charge < -0.3 is 0 Å². The van der Waals surface area contributed by atoms with Gasteiger partial charge in [-0.15, -0.1) is 10.2 Å². The molecule has 134 valence electrons. The van der Waals surface area contributed by atoms with Crippen LogP contribution in [0.25, 0.3) is 0 Å². The molecule has 0 aliphatic carbocycles. The van der Waals surface area contributed by atoms with E-state index < -0.39 is 0 Å². The summed E-state index contributed by atoms with van der Waals surface area (Å²) >= 11 is 6.36. The van der Waals surface area contributed by atoms with E-state index in [1.54, 1.807) is 30.7 Å². The predicted molar refractivity (Wildman–Crippen MR) is 96.1 cm³/mol. The third-order valence-electron chi connectivity index (χ3n) is 3.58. The summed E-state index contributed by atoms with van der Waals surface area (Å²) in [6, 6.07) is 6.11. The van der Waals surface area contributed by atoms with E-state index in [0.717, 1.165) is 5.56 Å². The minimum absolute atomic E-state index is 0.115. The second kappa shape index (κ2) is 7.44. The van der Waals surface area contributed by atoms with Crippen LogP contribution in [0.2, 0.25) is 5.15 Å². The molecule has 0 fully saturated rings. The third kappa shape index (κ3) is 3.94. The van der Waals surface area contributed by atoms with Crippen molar-refractivity contribution in [3.05, 3.63) is 68.1 Å². The van der Waals surface area contributed by atoms with Gasteiger partial charge in [0.1, 0.15) is 16.7 Å². The molecule has 3 aromatic rings. The molecule has 0 aliphatic heterocycles. The van der Waals surface area contributed by atoms with E-state index in [4.69, 9.17) is 11.6 Å². The highest BCUT2D eigenvalue weighted by Gasteiger charge is 2.12. The molecule has 0 amide bonds. The standard InChI is InChI=1S/C16H15ClFN7O/c1-9-13(7-19-22-16-20-15(26)10(2)21-23-16)14(17)25(24-9)8-11-3-5-12(18)6-4-11/h3-7H,8H2,1-2H3,(H2,20,22,23,26). The van der Waals surface area contributed by atoms with E-state index in [-0.39, 0.29) is 23.0 Å². The van der Waals surface area contributed by atoms with Crippen molar-refractivity contribution in [1.82, 2.24) is 25.0 Å². The maximum absolute atomic E-state index is 13.0. The Morgan fingerprint density at radius 3 is 2.69 bits per heavy atom. The zero-order valence-corrected chi connectivity index (χ0v) is 14.8. The topological polar surface area (TPSA) is 101 Å². The lowest BCUT2D eigenvalue weighted by Crippen LogP contribution is -2.15. The summed E-state index contributed by atoms with van der Waals surface area (Å²) in [7, 11) is 0. The van der Waals surface area contributed by atoms with Crippen molar-refractivity contribution in [3.63, 3.8) is 0 Å². The van der Waals surface area contributed by atoms with Gasteiger partial charge in [0, 0.05) is 0 Å². The Morgan fingerprint density at radius 2 is 2.00 bits per heavy atom. The van der Waals surface area contributed by atoms with Gasteiger partial charge in [-0.2, -0.15) is 10.2 Å². The Hall–Kier alpha value is -3.07. The van der Waals surface area contributed by atoms with Gasteiger partial charge in [-0.3, -0.25) is 9.78 Å². The van der Waals surface area contributed by atoms with Crippen LogP contribution in [0, 0.1) is 19.7 Å². The number of aryl methyl sites for hydroxylation is 2. The number of hydrogen-bond acceptors (Lipinski definition) is 6. The van der Waals surface area contributed by atoms with E-state index in [1.165, 1.54) is 18.3 Å². The van der Waals surface area contributed by atoms with Crippen LogP contribution in [0.5, 0.6) is 0 Å². The first-order valence-corrected chi connectivity index (χ1v) is 8.02. The molecule has 0 aliphatic rings. The van der Waals surface area contributed by atoms with Crippen LogP contribution in [0.4, 0.5) is 10.3 Å². The fourth-order valence-electron chi connectivity index (χ4n) is 2.18. The average Bonchev–Trinajstić information content (AvgIpc) is 2.87. The van der Waals surface area contributed by atoms with Gasteiger partial charge in [0.25, 0.3) is 5.56 Å². The van der Waals surface area contributed by atoms with Crippen molar-refractivity contribution in [2.24, 2.45) is 5.10 Å². The van der Waals surface area contributed by atoms with Gasteiger partial charge in [-0.05, 0) is 31.5 Å². The van der Waals surface area contributed by atoms with Gasteiger partial charge in [-0.25, -0.2) is 14.5 Å². The van der Waals surface area contributed by atoms with Crippen molar-refractivity contribution >= 4 is 23.8 Å². The van der Waals surface area contributed by atoms with Crippen LogP contribution in [0.3, 0.4) is 0 Å². The first kappa shape index (κ1) is 17.7. The molecule has 0 atom stereocenters. The molecule has 1 aromatic carbocycles. The highest BCUT2D eigenvalue weighted by Crippen LogP contribution is 2.19. The number of benzene rings is 1. The molecule has 3 rings (SSSR count). The number of rotatable bonds is 5. The molecule has 2 N–H and O–H groups in total. The van der Waals surface area contributed by atoms with Crippen LogP contribution in [0.1, 0.15) is 22.5 Å². The summed E-state index contributed by atoms with van der Waals surface area (Å²) in [6.45, 7) is 3.75. The molecule has 0 radical (unpaired) electrons. The van der Waals surface area contributed by atoms with Crippen molar-refractivity contribution in [2.45, 2.75) is 20.4 Å². The molecule has 2 heterocycles. The summed E-state index contributed by atoms with van der Waals surface area (Å²) in [5, 5.41) is 16.2. The molecule has 10 heteroatoms. The van der Waals surface area contributed by atoms with Crippen LogP contribution < -0.4 is 11.0 Å². The van der Waals surface area contributed by atoms with Crippen LogP contribution >= 0.6 is 11.6 Å². The summed E-state index contributed by atoms with van der Waals surface area (Å²) in [6.07, 6.45) is 1.48. The minimum Gasteiger partial charge on any atom is -0.288 e. The number of hydrazone groups is 1. The number of aromatic amines is 1. The van der Waals surface area contributed by atoms with Gasteiger partial charge in [0.05, 0.1) is 24.0 Å². The quantitative estimate of drug-likeness (QED) is 0.526. The fourth-order valence-corrected chi connectivity index (χ4v) is 2.47. The Balaban J connectivity index is 1.75. The van der Waals surface area contributed by atoms with Crippen LogP contribution in [-0.4, -0.2) is 31.2 Å². The molecular weight excluding hydrogens is 361 g/mol. The molecule has 26 heavy (non-hydrogen) atoms. The molecule has 0 saturated carbocycles. The Morgan fingerprint density at radius 1 is 1.27 bits per heavy atom. The number of nitrogens with one attached hydrogen (secondary N) is 2. The smallest absolute Gasteiger partial charge is 0.274 e. The number of H-pyrrole nitrogens is 1. The largest absolute Gasteiger partial charge is 0.288 e. The van der Waals surface area contributed by atoms with E-state index >= 15 is 0 Å². The maximum Gasteiger partial charge on any atom is 0.274 e. The summed E-state index contributed by atoms with van der Waals surface area (Å²) < 4.78 is 14.6. The number of anilines is 1. The highest BCUT2D eigenvalue weighted by molar-refractivity contribution is 6.32. The molecule has 0 saturated heterocycles. The second-order valence-corrected chi connectivity index (χ2v) is 5.89. The summed E-state index contributed by atoms with van der Waals surface area (Å²) in [5.74, 6) is -0.183. The summed E-state index contributed by atoms with van der Waals surface area (Å²) in [5.41, 5.74) is 4.65. The molecule has 0 bridgehead atoms. The number of hydrogen-bond donors (Lipinski definition) is 2. The van der Waals surface area contributed by atoms with Gasteiger partial charge in [0.2, 0.25) is 5.95 Å². The Bertz CT molecular complexity index is 1010. The second-order valence-electron chi connectivity index (χ2n) is 5.53. The summed E-state index contributed by atoms with van der Waals surface area (Å²) in [4.78, 5) is 14.0. The normalized spacial score (nSPS) is 11.2. The molecular formula is C16H15ClFN7O. The van der Waals surface area contributed by atoms with E-state index in [2.05, 4.69) is 30.8 Å².